The van der Waals surface area contributed by atoms with Crippen LogP contribution in [-0.4, -0.2) is 45.2 Å². The van der Waals surface area contributed by atoms with Gasteiger partial charge in [0.2, 0.25) is 0 Å². The summed E-state index contributed by atoms with van der Waals surface area (Å²) in [5, 5.41) is 3.61. The van der Waals surface area contributed by atoms with E-state index in [2.05, 4.69) is 74.2 Å². The third kappa shape index (κ3) is 6.06. The van der Waals surface area contributed by atoms with E-state index >= 15 is 0 Å². The molecule has 0 aliphatic heterocycles. The van der Waals surface area contributed by atoms with E-state index in [1.54, 1.807) is 0 Å². The summed E-state index contributed by atoms with van der Waals surface area (Å²) >= 11 is 0. The molecule has 1 unspecified atom stereocenters. The fraction of sp³-hybridized carbons (Fsp3) is 0.667. The molecule has 1 N–H and O–H groups in total. The zero-order valence-electron chi connectivity index (χ0n) is 14.5. The highest BCUT2D eigenvalue weighted by Gasteiger charge is 2.14. The van der Waals surface area contributed by atoms with E-state index in [0.717, 1.165) is 26.2 Å². The molecule has 0 aliphatic rings. The average molecular weight is 291 g/mol. The Morgan fingerprint density at radius 2 is 1.71 bits per heavy atom. The Morgan fingerprint density at radius 1 is 1.00 bits per heavy atom. The number of hydrogen-bond acceptors (Lipinski definition) is 3. The number of benzene rings is 1. The highest BCUT2D eigenvalue weighted by molar-refractivity contribution is 5.55. The van der Waals surface area contributed by atoms with Gasteiger partial charge >= 0.3 is 0 Å². The van der Waals surface area contributed by atoms with Crippen LogP contribution in [0.5, 0.6) is 0 Å². The van der Waals surface area contributed by atoms with E-state index in [9.17, 15) is 0 Å². The van der Waals surface area contributed by atoms with Crippen molar-refractivity contribution in [2.45, 2.75) is 39.7 Å². The number of rotatable bonds is 10. The number of anilines is 1. The van der Waals surface area contributed by atoms with Gasteiger partial charge in [-0.2, -0.15) is 0 Å². The molecule has 3 heteroatoms. The lowest BCUT2D eigenvalue weighted by Gasteiger charge is -2.30. The lowest BCUT2D eigenvalue weighted by Crippen LogP contribution is -2.33. The number of hydrogen-bond donors (Lipinski definition) is 1. The van der Waals surface area contributed by atoms with Gasteiger partial charge < -0.3 is 15.1 Å². The van der Waals surface area contributed by atoms with Gasteiger partial charge in [0.1, 0.15) is 0 Å². The van der Waals surface area contributed by atoms with Crippen LogP contribution in [0.3, 0.4) is 0 Å². The van der Waals surface area contributed by atoms with Gasteiger partial charge in [-0.1, -0.05) is 32.0 Å². The van der Waals surface area contributed by atoms with Crippen LogP contribution in [0, 0.1) is 0 Å². The summed E-state index contributed by atoms with van der Waals surface area (Å²) in [4.78, 5) is 4.78. The number of para-hydroxylation sites is 1. The molecule has 1 aromatic carbocycles. The molecule has 0 saturated carbocycles. The molecule has 0 bridgehead atoms. The first-order chi connectivity index (χ1) is 10.1. The molecule has 0 aliphatic carbocycles. The van der Waals surface area contributed by atoms with Crippen molar-refractivity contribution in [1.29, 1.82) is 0 Å². The van der Waals surface area contributed by atoms with Crippen molar-refractivity contribution < 1.29 is 0 Å². The number of nitrogens with one attached hydrogen (secondary N) is 1. The van der Waals surface area contributed by atoms with Crippen molar-refractivity contribution in [3.05, 3.63) is 29.8 Å². The minimum absolute atomic E-state index is 0.403. The zero-order chi connectivity index (χ0) is 15.7. The molecular formula is C18H33N3. The van der Waals surface area contributed by atoms with E-state index in [-0.39, 0.29) is 0 Å². The van der Waals surface area contributed by atoms with Gasteiger partial charge in [-0.25, -0.2) is 0 Å². The van der Waals surface area contributed by atoms with E-state index in [4.69, 9.17) is 0 Å². The second-order valence-corrected chi connectivity index (χ2v) is 6.02. The number of likely N-dealkylation sites (N-methyl/N-ethyl adjacent to an activating group) is 1. The Labute approximate surface area is 131 Å². The van der Waals surface area contributed by atoms with Gasteiger partial charge in [0.05, 0.1) is 0 Å². The minimum Gasteiger partial charge on any atom is -0.370 e. The Kier molecular flexibility index (Phi) is 8.40. The van der Waals surface area contributed by atoms with Gasteiger partial charge in [-0.3, -0.25) is 0 Å². The Balaban J connectivity index is 2.90. The topological polar surface area (TPSA) is 18.5 Å². The van der Waals surface area contributed by atoms with Crippen LogP contribution < -0.4 is 10.2 Å². The second kappa shape index (κ2) is 9.80. The molecule has 0 saturated heterocycles. The molecule has 0 fully saturated rings. The highest BCUT2D eigenvalue weighted by Crippen LogP contribution is 2.26. The van der Waals surface area contributed by atoms with Crippen molar-refractivity contribution in [2.24, 2.45) is 0 Å². The molecule has 1 aromatic rings. The first kappa shape index (κ1) is 18.0. The maximum Gasteiger partial charge on any atom is 0.0415 e. The standard InChI is InChI=1S/C18H33N3/c1-6-12-19-16(3)17-10-8-9-11-18(17)21(13-7-2)15-14-20(4)5/h8-11,16,19H,6-7,12-15H2,1-5H3. The normalized spacial score (nSPS) is 12.7. The largest absolute Gasteiger partial charge is 0.370 e. The monoisotopic (exact) mass is 291 g/mol. The van der Waals surface area contributed by atoms with Crippen molar-refractivity contribution >= 4 is 5.69 Å². The predicted molar refractivity (Wildman–Crippen MR) is 94.2 cm³/mol. The van der Waals surface area contributed by atoms with Crippen LogP contribution in [0.15, 0.2) is 24.3 Å². The van der Waals surface area contributed by atoms with E-state index in [0.29, 0.717) is 6.04 Å². The van der Waals surface area contributed by atoms with Gasteiger partial charge in [0.25, 0.3) is 0 Å². The first-order valence-corrected chi connectivity index (χ1v) is 8.32. The van der Waals surface area contributed by atoms with Crippen molar-refractivity contribution in [1.82, 2.24) is 10.2 Å². The molecule has 0 spiro atoms. The quantitative estimate of drug-likeness (QED) is 0.711. The smallest absolute Gasteiger partial charge is 0.0415 e. The third-order valence-corrected chi connectivity index (χ3v) is 3.76. The summed E-state index contributed by atoms with van der Waals surface area (Å²) in [5.74, 6) is 0. The maximum absolute atomic E-state index is 3.61. The molecule has 21 heavy (non-hydrogen) atoms. The molecule has 0 amide bonds. The van der Waals surface area contributed by atoms with E-state index in [1.807, 2.05) is 0 Å². The van der Waals surface area contributed by atoms with Crippen LogP contribution in [0.2, 0.25) is 0 Å². The summed E-state index contributed by atoms with van der Waals surface area (Å²) in [7, 11) is 4.28. The number of nitrogens with zero attached hydrogens (tertiary/aromatic N) is 2. The van der Waals surface area contributed by atoms with Gasteiger partial charge in [0.15, 0.2) is 0 Å². The SMILES string of the molecule is CCCNC(C)c1ccccc1N(CCC)CCN(C)C. The zero-order valence-corrected chi connectivity index (χ0v) is 14.5. The van der Waals surface area contributed by atoms with Gasteiger partial charge in [-0.05, 0) is 52.0 Å². The van der Waals surface area contributed by atoms with E-state index < -0.39 is 0 Å². The first-order valence-electron chi connectivity index (χ1n) is 8.32. The molecular weight excluding hydrogens is 258 g/mol. The predicted octanol–water partition coefficient (Wildman–Crippen LogP) is 3.53. The van der Waals surface area contributed by atoms with Crippen molar-refractivity contribution in [3.8, 4) is 0 Å². The maximum atomic E-state index is 3.61. The molecule has 1 rings (SSSR count). The van der Waals surface area contributed by atoms with Crippen LogP contribution in [0.25, 0.3) is 0 Å². The minimum atomic E-state index is 0.403. The Hall–Kier alpha value is -1.06. The summed E-state index contributed by atoms with van der Waals surface area (Å²) in [6.45, 7) is 11.1. The van der Waals surface area contributed by atoms with E-state index in [1.165, 1.54) is 24.1 Å². The van der Waals surface area contributed by atoms with Gasteiger partial charge in [0, 0.05) is 31.4 Å². The van der Waals surface area contributed by atoms with Gasteiger partial charge in [-0.15, -0.1) is 0 Å². The van der Waals surface area contributed by atoms with Crippen LogP contribution in [-0.2, 0) is 0 Å². The summed E-state index contributed by atoms with van der Waals surface area (Å²) in [6, 6.07) is 9.24. The van der Waals surface area contributed by atoms with Crippen LogP contribution in [0.1, 0.15) is 45.2 Å². The summed E-state index contributed by atoms with van der Waals surface area (Å²) in [5.41, 5.74) is 2.80. The molecule has 1 atom stereocenters. The molecule has 0 aromatic heterocycles. The molecule has 0 heterocycles. The van der Waals surface area contributed by atoms with Crippen molar-refractivity contribution in [3.63, 3.8) is 0 Å². The second-order valence-electron chi connectivity index (χ2n) is 6.02. The summed E-state index contributed by atoms with van der Waals surface area (Å²) in [6.07, 6.45) is 2.35. The molecule has 3 nitrogen and oxygen atoms in total. The van der Waals surface area contributed by atoms with Crippen LogP contribution >= 0.6 is 0 Å². The Morgan fingerprint density at radius 3 is 2.33 bits per heavy atom. The third-order valence-electron chi connectivity index (χ3n) is 3.76. The summed E-state index contributed by atoms with van der Waals surface area (Å²) < 4.78 is 0. The Bertz CT molecular complexity index is 390. The fourth-order valence-electron chi connectivity index (χ4n) is 2.56. The lowest BCUT2D eigenvalue weighted by molar-refractivity contribution is 0.412. The van der Waals surface area contributed by atoms with Crippen LogP contribution in [0.4, 0.5) is 5.69 Å². The lowest BCUT2D eigenvalue weighted by atomic mass is 10.0. The molecule has 0 radical (unpaired) electrons. The molecule has 120 valence electrons. The fourth-order valence-corrected chi connectivity index (χ4v) is 2.56. The van der Waals surface area contributed by atoms with Crippen molar-refractivity contribution in [2.75, 3.05) is 45.2 Å². The highest BCUT2D eigenvalue weighted by atomic mass is 15.2. The average Bonchev–Trinajstić information content (AvgIpc) is 2.49.